The number of primary amides is 1. The van der Waals surface area contributed by atoms with Gasteiger partial charge in [0.05, 0.1) is 10.8 Å². The smallest absolute Gasteiger partial charge is 0.241 e. The van der Waals surface area contributed by atoms with Crippen molar-refractivity contribution >= 4 is 27.8 Å². The third kappa shape index (κ3) is 7.17. The molecule has 7 N–H and O–H groups in total. The molecule has 2 amide bonds. The molecular formula is C24H38N6O4S. The molecule has 1 aromatic carbocycles. The van der Waals surface area contributed by atoms with Crippen LogP contribution in [0.15, 0.2) is 29.2 Å². The molecule has 2 aliphatic rings. The van der Waals surface area contributed by atoms with E-state index in [2.05, 4.69) is 10.0 Å². The van der Waals surface area contributed by atoms with Crippen LogP contribution in [0.1, 0.15) is 58.4 Å². The number of benzene rings is 1. The van der Waals surface area contributed by atoms with Gasteiger partial charge in [0.1, 0.15) is 6.04 Å². The molecule has 3 atom stereocenters. The summed E-state index contributed by atoms with van der Waals surface area (Å²) in [6.07, 6.45) is 3.40. The molecule has 194 valence electrons. The maximum atomic E-state index is 13.3. The predicted molar refractivity (Wildman–Crippen MR) is 134 cm³/mol. The molecule has 3 unspecified atom stereocenters. The Hall–Kier alpha value is -2.66. The first-order valence-electron chi connectivity index (χ1n) is 12.1. The topological polar surface area (TPSA) is 171 Å². The highest BCUT2D eigenvalue weighted by Gasteiger charge is 2.40. The maximum absolute atomic E-state index is 13.3. The lowest BCUT2D eigenvalue weighted by atomic mass is 9.84. The highest BCUT2D eigenvalue weighted by molar-refractivity contribution is 7.89. The van der Waals surface area contributed by atoms with Crippen molar-refractivity contribution in [3.63, 3.8) is 0 Å². The first-order chi connectivity index (χ1) is 16.3. The first kappa shape index (κ1) is 26.9. The molecule has 1 heterocycles. The number of hydrogen-bond acceptors (Lipinski definition) is 5. The fourth-order valence-corrected chi connectivity index (χ4v) is 5.69. The van der Waals surface area contributed by atoms with Crippen molar-refractivity contribution in [1.82, 2.24) is 14.9 Å². The van der Waals surface area contributed by atoms with Crippen molar-refractivity contribution in [3.8, 4) is 0 Å². The summed E-state index contributed by atoms with van der Waals surface area (Å²) in [6, 6.07) is 5.15. The van der Waals surface area contributed by atoms with Gasteiger partial charge in [0.2, 0.25) is 21.8 Å². The standard InChI is InChI=1S/C24H38N6O4S/c1-24(2,3)16-6-10-18(11-7-16)35(33,34)29-20(22(32)28-17-8-9-17)19(21(25)31)13-15-5-4-12-30(14-15)23(26)27/h6-7,10-11,15,17,19-20,29H,4-5,8-9,12-14H2,1-3H3,(H2,25,31)(H3,26,27)(H,28,32). The third-order valence-electron chi connectivity index (χ3n) is 6.73. The average Bonchev–Trinajstić information content (AvgIpc) is 3.59. The molecule has 35 heavy (non-hydrogen) atoms. The summed E-state index contributed by atoms with van der Waals surface area (Å²) in [5.74, 6) is -2.45. The van der Waals surface area contributed by atoms with Crippen LogP contribution < -0.4 is 21.5 Å². The van der Waals surface area contributed by atoms with Crippen LogP contribution in [0.3, 0.4) is 0 Å². The summed E-state index contributed by atoms with van der Waals surface area (Å²) in [6.45, 7) is 7.20. The van der Waals surface area contributed by atoms with Gasteiger partial charge < -0.3 is 21.7 Å². The van der Waals surface area contributed by atoms with E-state index in [1.165, 1.54) is 12.1 Å². The van der Waals surface area contributed by atoms with Crippen LogP contribution in [0.25, 0.3) is 0 Å². The van der Waals surface area contributed by atoms with E-state index >= 15 is 0 Å². The van der Waals surface area contributed by atoms with Crippen LogP contribution in [-0.2, 0) is 25.0 Å². The normalized spacial score (nSPS) is 20.7. The molecule has 1 aromatic rings. The molecule has 11 heteroatoms. The van der Waals surface area contributed by atoms with Gasteiger partial charge in [0.25, 0.3) is 0 Å². The highest BCUT2D eigenvalue weighted by atomic mass is 32.2. The second-order valence-electron chi connectivity index (χ2n) is 10.7. The largest absolute Gasteiger partial charge is 0.370 e. The zero-order valence-electron chi connectivity index (χ0n) is 20.7. The number of hydrogen-bond donors (Lipinski definition) is 5. The van der Waals surface area contributed by atoms with Gasteiger partial charge in [0, 0.05) is 19.1 Å². The van der Waals surface area contributed by atoms with Crippen molar-refractivity contribution in [2.24, 2.45) is 23.3 Å². The minimum absolute atomic E-state index is 0.0124. The number of rotatable bonds is 9. The number of guanidine groups is 1. The number of piperidine rings is 1. The van der Waals surface area contributed by atoms with Gasteiger partial charge in [0.15, 0.2) is 5.96 Å². The van der Waals surface area contributed by atoms with Crippen molar-refractivity contribution in [1.29, 1.82) is 5.41 Å². The molecule has 1 saturated heterocycles. The second-order valence-corrected chi connectivity index (χ2v) is 12.5. The quantitative estimate of drug-likeness (QED) is 0.247. The van der Waals surface area contributed by atoms with Crippen molar-refractivity contribution in [2.45, 2.75) is 75.3 Å². The Morgan fingerprint density at radius 2 is 1.77 bits per heavy atom. The molecule has 0 spiro atoms. The van der Waals surface area contributed by atoms with Gasteiger partial charge in [-0.05, 0) is 61.1 Å². The van der Waals surface area contributed by atoms with E-state index in [-0.39, 0.29) is 34.7 Å². The molecule has 0 bridgehead atoms. The summed E-state index contributed by atoms with van der Waals surface area (Å²) in [5.41, 5.74) is 12.2. The Labute approximate surface area is 207 Å². The Kier molecular flexibility index (Phi) is 8.10. The fraction of sp³-hybridized carbons (Fsp3) is 0.625. The lowest BCUT2D eigenvalue weighted by molar-refractivity contribution is -0.131. The van der Waals surface area contributed by atoms with E-state index in [9.17, 15) is 18.0 Å². The third-order valence-corrected chi connectivity index (χ3v) is 8.19. The van der Waals surface area contributed by atoms with Crippen LogP contribution in [-0.4, -0.2) is 56.3 Å². The van der Waals surface area contributed by atoms with Gasteiger partial charge >= 0.3 is 0 Å². The molecular weight excluding hydrogens is 468 g/mol. The number of nitrogens with one attached hydrogen (secondary N) is 3. The van der Waals surface area contributed by atoms with E-state index in [0.717, 1.165) is 31.2 Å². The van der Waals surface area contributed by atoms with Crippen molar-refractivity contribution in [2.75, 3.05) is 13.1 Å². The highest BCUT2D eigenvalue weighted by Crippen LogP contribution is 2.28. The van der Waals surface area contributed by atoms with E-state index in [1.54, 1.807) is 17.0 Å². The molecule has 1 aliphatic heterocycles. The Balaban J connectivity index is 1.85. The lowest BCUT2D eigenvalue weighted by Crippen LogP contribution is -2.55. The van der Waals surface area contributed by atoms with Crippen LogP contribution in [0, 0.1) is 17.2 Å². The fourth-order valence-electron chi connectivity index (χ4n) is 4.46. The van der Waals surface area contributed by atoms with E-state index in [1.807, 2.05) is 20.8 Å². The zero-order chi connectivity index (χ0) is 26.0. The number of sulfonamides is 1. The van der Waals surface area contributed by atoms with Gasteiger partial charge in [-0.2, -0.15) is 4.72 Å². The average molecular weight is 507 g/mol. The molecule has 0 radical (unpaired) electrons. The summed E-state index contributed by atoms with van der Waals surface area (Å²) in [4.78, 5) is 27.4. The molecule has 0 aromatic heterocycles. The van der Waals surface area contributed by atoms with Crippen LogP contribution in [0.5, 0.6) is 0 Å². The minimum Gasteiger partial charge on any atom is -0.370 e. The molecule has 1 saturated carbocycles. The number of nitrogens with two attached hydrogens (primary N) is 2. The summed E-state index contributed by atoms with van der Waals surface area (Å²) < 4.78 is 29.0. The monoisotopic (exact) mass is 506 g/mol. The number of carbonyl (C=O) groups excluding carboxylic acids is 2. The molecule has 2 fully saturated rings. The second kappa shape index (κ2) is 10.5. The summed E-state index contributed by atoms with van der Waals surface area (Å²) >= 11 is 0. The van der Waals surface area contributed by atoms with Crippen LogP contribution in [0.4, 0.5) is 0 Å². The van der Waals surface area contributed by atoms with Crippen molar-refractivity contribution < 1.29 is 18.0 Å². The van der Waals surface area contributed by atoms with E-state index < -0.39 is 33.8 Å². The molecule has 3 rings (SSSR count). The number of likely N-dealkylation sites (tertiary alicyclic amines) is 1. The first-order valence-corrected chi connectivity index (χ1v) is 13.6. The Morgan fingerprint density at radius 1 is 1.14 bits per heavy atom. The lowest BCUT2D eigenvalue weighted by Gasteiger charge is -2.35. The van der Waals surface area contributed by atoms with Gasteiger partial charge in [-0.25, -0.2) is 8.42 Å². The number of carbonyl (C=O) groups is 2. The number of nitrogens with zero attached hydrogens (tertiary/aromatic N) is 1. The number of amides is 2. The molecule has 1 aliphatic carbocycles. The minimum atomic E-state index is -4.11. The van der Waals surface area contributed by atoms with Crippen molar-refractivity contribution in [3.05, 3.63) is 29.8 Å². The zero-order valence-corrected chi connectivity index (χ0v) is 21.5. The SMILES string of the molecule is CC(C)(C)c1ccc(S(=O)(=O)NC(C(=O)NC2CC2)C(CC2CCCN(C(=N)N)C2)C(N)=O)cc1. The van der Waals surface area contributed by atoms with Crippen LogP contribution >= 0.6 is 0 Å². The maximum Gasteiger partial charge on any atom is 0.241 e. The van der Waals surface area contributed by atoms with Crippen LogP contribution in [0.2, 0.25) is 0 Å². The van der Waals surface area contributed by atoms with Gasteiger partial charge in [-0.3, -0.25) is 15.0 Å². The summed E-state index contributed by atoms with van der Waals surface area (Å²) in [5, 5.41) is 10.5. The predicted octanol–water partition coefficient (Wildman–Crippen LogP) is 1.01. The van der Waals surface area contributed by atoms with Gasteiger partial charge in [-0.1, -0.05) is 32.9 Å². The molecule has 10 nitrogen and oxygen atoms in total. The van der Waals surface area contributed by atoms with Gasteiger partial charge in [-0.15, -0.1) is 0 Å². The van der Waals surface area contributed by atoms with E-state index in [0.29, 0.717) is 13.1 Å². The Bertz CT molecular complexity index is 1050. The van der Waals surface area contributed by atoms with E-state index in [4.69, 9.17) is 16.9 Å². The summed E-state index contributed by atoms with van der Waals surface area (Å²) in [7, 11) is -4.11. The Morgan fingerprint density at radius 3 is 2.29 bits per heavy atom.